The second-order valence-corrected chi connectivity index (χ2v) is 5.12. The Morgan fingerprint density at radius 2 is 2.13 bits per heavy atom. The number of aryl methyl sites for hydroxylation is 2. The molecule has 0 aliphatic rings. The van der Waals surface area contributed by atoms with E-state index < -0.39 is 5.97 Å². The summed E-state index contributed by atoms with van der Waals surface area (Å²) in [5, 5.41) is 8.87. The largest absolute Gasteiger partial charge is 0.477 e. The molecule has 0 aliphatic carbocycles. The predicted octanol–water partition coefficient (Wildman–Crippen LogP) is 3.19. The average Bonchev–Trinajstić information content (AvgIpc) is 2.71. The summed E-state index contributed by atoms with van der Waals surface area (Å²) in [4.78, 5) is 13.2. The third kappa shape index (κ3) is 1.93. The Morgan fingerprint density at radius 1 is 1.40 bits per heavy atom. The molecule has 2 aromatic heterocycles. The van der Waals surface area contributed by atoms with Gasteiger partial charge in [0.05, 0.1) is 10.6 Å². The van der Waals surface area contributed by atoms with E-state index in [4.69, 9.17) is 5.11 Å². The molecule has 0 unspecified atom stereocenters. The molecule has 0 radical (unpaired) electrons. The van der Waals surface area contributed by atoms with E-state index in [-0.39, 0.29) is 0 Å². The maximum absolute atomic E-state index is 10.8. The molecule has 0 aromatic carbocycles. The van der Waals surface area contributed by atoms with Crippen LogP contribution in [0.3, 0.4) is 0 Å². The van der Waals surface area contributed by atoms with Gasteiger partial charge in [0.25, 0.3) is 0 Å². The first kappa shape index (κ1) is 10.3. The van der Waals surface area contributed by atoms with Gasteiger partial charge in [-0.1, -0.05) is 0 Å². The Kier molecular flexibility index (Phi) is 2.58. The first-order valence-corrected chi connectivity index (χ1v) is 5.94. The molecule has 0 aliphatic heterocycles. The molecule has 3 nitrogen and oxygen atoms in total. The van der Waals surface area contributed by atoms with E-state index in [9.17, 15) is 4.79 Å². The molecular formula is C10H9NO2S2. The Hall–Kier alpha value is -1.20. The maximum Gasteiger partial charge on any atom is 0.345 e. The standard InChI is InChI=1S/C10H9NO2S2/c1-5-3-8(10(12)13)14-9(5)7-4-6(2)11-15-7/h3-4H,1-2H3,(H,12,13). The molecule has 0 bridgehead atoms. The van der Waals surface area contributed by atoms with Crippen LogP contribution in [0.4, 0.5) is 0 Å². The summed E-state index contributed by atoms with van der Waals surface area (Å²) in [6.07, 6.45) is 0. The second kappa shape index (κ2) is 3.75. The van der Waals surface area contributed by atoms with Gasteiger partial charge in [0, 0.05) is 4.88 Å². The zero-order chi connectivity index (χ0) is 11.0. The van der Waals surface area contributed by atoms with E-state index in [1.165, 1.54) is 22.9 Å². The first-order valence-electron chi connectivity index (χ1n) is 4.35. The Labute approximate surface area is 95.2 Å². The van der Waals surface area contributed by atoms with Crippen molar-refractivity contribution >= 4 is 28.8 Å². The zero-order valence-corrected chi connectivity index (χ0v) is 9.91. The number of carboxylic acids is 1. The fraction of sp³-hybridized carbons (Fsp3) is 0.200. The van der Waals surface area contributed by atoms with Gasteiger partial charge in [-0.25, -0.2) is 4.79 Å². The second-order valence-electron chi connectivity index (χ2n) is 3.26. The molecule has 0 saturated carbocycles. The van der Waals surface area contributed by atoms with Gasteiger partial charge in [-0.05, 0) is 43.1 Å². The van der Waals surface area contributed by atoms with Crippen molar-refractivity contribution in [3.05, 3.63) is 28.3 Å². The molecule has 0 fully saturated rings. The minimum absolute atomic E-state index is 0.383. The molecule has 78 valence electrons. The van der Waals surface area contributed by atoms with Crippen molar-refractivity contribution < 1.29 is 9.90 Å². The van der Waals surface area contributed by atoms with Crippen LogP contribution in [0.2, 0.25) is 0 Å². The number of hydrogen-bond donors (Lipinski definition) is 1. The van der Waals surface area contributed by atoms with Crippen LogP contribution in [0.15, 0.2) is 12.1 Å². The third-order valence-electron chi connectivity index (χ3n) is 1.98. The van der Waals surface area contributed by atoms with Gasteiger partial charge in [0.2, 0.25) is 0 Å². The van der Waals surface area contributed by atoms with Crippen molar-refractivity contribution in [2.24, 2.45) is 0 Å². The highest BCUT2D eigenvalue weighted by Gasteiger charge is 2.13. The van der Waals surface area contributed by atoms with Crippen LogP contribution in [0, 0.1) is 13.8 Å². The van der Waals surface area contributed by atoms with Gasteiger partial charge in [-0.15, -0.1) is 11.3 Å². The number of carbonyl (C=O) groups is 1. The number of aromatic carboxylic acids is 1. The van der Waals surface area contributed by atoms with E-state index in [2.05, 4.69) is 4.37 Å². The van der Waals surface area contributed by atoms with Crippen LogP contribution < -0.4 is 0 Å². The van der Waals surface area contributed by atoms with Crippen LogP contribution in [-0.4, -0.2) is 15.4 Å². The fourth-order valence-electron chi connectivity index (χ4n) is 1.30. The van der Waals surface area contributed by atoms with E-state index in [1.807, 2.05) is 19.9 Å². The molecule has 0 spiro atoms. The van der Waals surface area contributed by atoms with Crippen molar-refractivity contribution in [3.63, 3.8) is 0 Å². The monoisotopic (exact) mass is 239 g/mol. The highest BCUT2D eigenvalue weighted by Crippen LogP contribution is 2.34. The van der Waals surface area contributed by atoms with Crippen LogP contribution in [0.5, 0.6) is 0 Å². The Bertz CT molecular complexity index is 513. The van der Waals surface area contributed by atoms with Crippen molar-refractivity contribution in [1.82, 2.24) is 4.37 Å². The van der Waals surface area contributed by atoms with Crippen molar-refractivity contribution in [1.29, 1.82) is 0 Å². The molecule has 2 rings (SSSR count). The molecule has 0 amide bonds. The Balaban J connectivity index is 2.49. The first-order chi connectivity index (χ1) is 7.08. The highest BCUT2D eigenvalue weighted by atomic mass is 32.1. The molecular weight excluding hydrogens is 230 g/mol. The normalized spacial score (nSPS) is 10.5. The summed E-state index contributed by atoms with van der Waals surface area (Å²) in [6.45, 7) is 3.86. The smallest absolute Gasteiger partial charge is 0.345 e. The van der Waals surface area contributed by atoms with E-state index in [0.717, 1.165) is 21.0 Å². The quantitative estimate of drug-likeness (QED) is 0.875. The summed E-state index contributed by atoms with van der Waals surface area (Å²) < 4.78 is 4.19. The van der Waals surface area contributed by atoms with Gasteiger partial charge in [-0.2, -0.15) is 4.37 Å². The lowest BCUT2D eigenvalue weighted by Gasteiger charge is -1.90. The van der Waals surface area contributed by atoms with E-state index in [1.54, 1.807) is 6.07 Å². The topological polar surface area (TPSA) is 50.2 Å². The van der Waals surface area contributed by atoms with Gasteiger partial charge < -0.3 is 5.11 Å². The van der Waals surface area contributed by atoms with Crippen molar-refractivity contribution in [3.8, 4) is 9.75 Å². The Morgan fingerprint density at radius 3 is 2.60 bits per heavy atom. The van der Waals surface area contributed by atoms with Gasteiger partial charge in [0.15, 0.2) is 0 Å². The lowest BCUT2D eigenvalue weighted by molar-refractivity contribution is 0.0702. The van der Waals surface area contributed by atoms with Crippen LogP contribution in [0.1, 0.15) is 20.9 Å². The van der Waals surface area contributed by atoms with Gasteiger partial charge in [0.1, 0.15) is 4.88 Å². The van der Waals surface area contributed by atoms with Crippen LogP contribution in [0.25, 0.3) is 9.75 Å². The molecule has 5 heteroatoms. The van der Waals surface area contributed by atoms with E-state index >= 15 is 0 Å². The van der Waals surface area contributed by atoms with Gasteiger partial charge >= 0.3 is 5.97 Å². The number of hydrogen-bond acceptors (Lipinski definition) is 4. The summed E-state index contributed by atoms with van der Waals surface area (Å²) >= 11 is 2.71. The minimum Gasteiger partial charge on any atom is -0.477 e. The number of aromatic nitrogens is 1. The molecule has 0 saturated heterocycles. The SMILES string of the molecule is Cc1cc(-c2sc(C(=O)O)cc2C)sn1. The molecule has 2 heterocycles. The van der Waals surface area contributed by atoms with Crippen LogP contribution in [-0.2, 0) is 0 Å². The predicted molar refractivity (Wildman–Crippen MR) is 61.9 cm³/mol. The summed E-state index contributed by atoms with van der Waals surface area (Å²) in [7, 11) is 0. The third-order valence-corrected chi connectivity index (χ3v) is 4.27. The van der Waals surface area contributed by atoms with Crippen LogP contribution >= 0.6 is 22.9 Å². The van der Waals surface area contributed by atoms with E-state index in [0.29, 0.717) is 4.88 Å². The van der Waals surface area contributed by atoms with Gasteiger partial charge in [-0.3, -0.25) is 0 Å². The molecule has 15 heavy (non-hydrogen) atoms. The summed E-state index contributed by atoms with van der Waals surface area (Å²) in [5.74, 6) is -0.865. The lowest BCUT2D eigenvalue weighted by atomic mass is 10.2. The zero-order valence-electron chi connectivity index (χ0n) is 8.27. The summed E-state index contributed by atoms with van der Waals surface area (Å²) in [5.41, 5.74) is 1.97. The summed E-state index contributed by atoms with van der Waals surface area (Å²) in [6, 6.07) is 3.69. The van der Waals surface area contributed by atoms with Crippen molar-refractivity contribution in [2.45, 2.75) is 13.8 Å². The highest BCUT2D eigenvalue weighted by molar-refractivity contribution is 7.21. The minimum atomic E-state index is -0.865. The number of nitrogens with zero attached hydrogens (tertiary/aromatic N) is 1. The molecule has 0 atom stereocenters. The number of thiophene rings is 1. The van der Waals surface area contributed by atoms with Crippen molar-refractivity contribution in [2.75, 3.05) is 0 Å². The molecule has 1 N–H and O–H groups in total. The average molecular weight is 239 g/mol. The lowest BCUT2D eigenvalue weighted by Crippen LogP contribution is -1.89. The number of rotatable bonds is 2. The fourth-order valence-corrected chi connectivity index (χ4v) is 3.22. The number of carboxylic acid groups (broad SMARTS) is 1. The maximum atomic E-state index is 10.8. The molecule has 2 aromatic rings.